The molecule has 0 aromatic carbocycles. The van der Waals surface area contributed by atoms with E-state index in [1.54, 1.807) is 0 Å². The van der Waals surface area contributed by atoms with E-state index in [2.05, 4.69) is 20.8 Å². The summed E-state index contributed by atoms with van der Waals surface area (Å²) in [6, 6.07) is 0. The van der Waals surface area contributed by atoms with Crippen molar-refractivity contribution >= 4 is 17.0 Å². The van der Waals surface area contributed by atoms with Crippen LogP contribution in [0.1, 0.15) is 33.1 Å². The zero-order valence-corrected chi connectivity index (χ0v) is 11.2. The van der Waals surface area contributed by atoms with Gasteiger partial charge in [0.05, 0.1) is 0 Å². The van der Waals surface area contributed by atoms with Gasteiger partial charge in [-0.05, 0) is 0 Å². The van der Waals surface area contributed by atoms with Crippen LogP contribution in [0.25, 0.3) is 0 Å². The van der Waals surface area contributed by atoms with E-state index in [4.69, 9.17) is 0 Å². The maximum absolute atomic E-state index is 3.88. The van der Waals surface area contributed by atoms with Crippen LogP contribution in [0.15, 0.2) is 0 Å². The van der Waals surface area contributed by atoms with Crippen LogP contribution in [-0.2, 0) is 19.5 Å². The van der Waals surface area contributed by atoms with E-state index in [1.165, 1.54) is 19.3 Å². The van der Waals surface area contributed by atoms with Crippen molar-refractivity contribution in [3.63, 3.8) is 0 Å². The quantitative estimate of drug-likeness (QED) is 0.529. The van der Waals surface area contributed by atoms with Gasteiger partial charge in [-0.25, -0.2) is 0 Å². The van der Waals surface area contributed by atoms with Crippen LogP contribution in [-0.4, -0.2) is 0 Å². The summed E-state index contributed by atoms with van der Waals surface area (Å²) in [5.41, 5.74) is 0. The molecule has 0 aliphatic heterocycles. The molecule has 0 nitrogen and oxygen atoms in total. The summed E-state index contributed by atoms with van der Waals surface area (Å²) >= 11 is 0. The fourth-order valence-corrected chi connectivity index (χ4v) is 0.553. The van der Waals surface area contributed by atoms with Crippen molar-refractivity contribution < 1.29 is 19.5 Å². The second-order valence-electron chi connectivity index (χ2n) is 2.25. The van der Waals surface area contributed by atoms with Crippen molar-refractivity contribution in [3.05, 3.63) is 6.92 Å². The molecule has 0 saturated carbocycles. The molecule has 1 atom stereocenters. The smallest absolute Gasteiger partial charge is 0 e. The third-order valence-corrected chi connectivity index (χ3v) is 1.05. The molecule has 0 fully saturated rings. The molecule has 0 spiro atoms. The van der Waals surface area contributed by atoms with Gasteiger partial charge < -0.3 is 6.92 Å². The van der Waals surface area contributed by atoms with E-state index in [1.807, 2.05) is 0 Å². The predicted molar refractivity (Wildman–Crippen MR) is 44.4 cm³/mol. The van der Waals surface area contributed by atoms with Crippen molar-refractivity contribution in [2.24, 2.45) is 5.92 Å². The molecule has 0 aromatic rings. The van der Waals surface area contributed by atoms with Crippen LogP contribution >= 0.6 is 17.0 Å². The molecule has 0 N–H and O–H groups in total. The normalized spacial score (nSPS) is 11.0. The minimum absolute atomic E-state index is 0. The maximum Gasteiger partial charge on any atom is 0 e. The first-order chi connectivity index (χ1) is 3.27. The first kappa shape index (κ1) is 16.6. The Morgan fingerprint density at radius 1 is 1.44 bits per heavy atom. The molecule has 9 heavy (non-hydrogen) atoms. The fourth-order valence-electron chi connectivity index (χ4n) is 0.553. The summed E-state index contributed by atoms with van der Waals surface area (Å²) in [4.78, 5) is 0. The van der Waals surface area contributed by atoms with Crippen molar-refractivity contribution in [1.82, 2.24) is 0 Å². The van der Waals surface area contributed by atoms with E-state index in [9.17, 15) is 0 Å². The zero-order valence-electron chi connectivity index (χ0n) is 6.52. The Morgan fingerprint density at radius 3 is 2.00 bits per heavy atom. The molecule has 0 radical (unpaired) electrons. The topological polar surface area (TPSA) is 0 Å². The summed E-state index contributed by atoms with van der Waals surface area (Å²) in [5, 5.41) is 0. The minimum atomic E-state index is 0. The molecule has 0 rings (SSSR count). The number of hydrogen-bond acceptors (Lipinski definition) is 0. The van der Waals surface area contributed by atoms with Crippen molar-refractivity contribution in [1.29, 1.82) is 0 Å². The van der Waals surface area contributed by atoms with Crippen molar-refractivity contribution in [3.8, 4) is 0 Å². The van der Waals surface area contributed by atoms with Gasteiger partial charge >= 0.3 is 0 Å². The summed E-state index contributed by atoms with van der Waals surface area (Å²) in [6.07, 6.45) is 3.93. The Balaban J connectivity index is -0.000000180. The molecule has 1 unspecified atom stereocenters. The average Bonchev–Trinajstić information content (AvgIpc) is 1.61. The summed E-state index contributed by atoms with van der Waals surface area (Å²) in [6.45, 7) is 8.25. The van der Waals surface area contributed by atoms with E-state index < -0.39 is 0 Å². The largest absolute Gasteiger partial charge is 0.341 e. The summed E-state index contributed by atoms with van der Waals surface area (Å²) in [7, 11) is 0. The van der Waals surface area contributed by atoms with Crippen molar-refractivity contribution in [2.45, 2.75) is 33.1 Å². The van der Waals surface area contributed by atoms with Crippen molar-refractivity contribution in [2.75, 3.05) is 0 Å². The number of hydrogen-bond donors (Lipinski definition) is 0. The first-order valence-corrected chi connectivity index (χ1v) is 3.10. The van der Waals surface area contributed by atoms with Gasteiger partial charge in [0, 0.05) is 19.5 Å². The van der Waals surface area contributed by atoms with Gasteiger partial charge in [0.15, 0.2) is 0 Å². The van der Waals surface area contributed by atoms with Gasteiger partial charge in [-0.2, -0.15) is 5.92 Å². The second-order valence-corrected chi connectivity index (χ2v) is 2.25. The Morgan fingerprint density at radius 2 is 1.89 bits per heavy atom. The third-order valence-electron chi connectivity index (χ3n) is 1.05. The molecule has 0 amide bonds. The molecule has 0 aromatic heterocycles. The summed E-state index contributed by atoms with van der Waals surface area (Å²) < 4.78 is 0. The zero-order chi connectivity index (χ0) is 5.70. The first-order valence-electron chi connectivity index (χ1n) is 3.10. The van der Waals surface area contributed by atoms with Crippen LogP contribution in [0.5, 0.6) is 0 Å². The Labute approximate surface area is 82.3 Å². The van der Waals surface area contributed by atoms with E-state index in [0.29, 0.717) is 5.92 Å². The molecule has 0 aliphatic rings. The average molecular weight is 245 g/mol. The molecule has 54 valence electrons. The van der Waals surface area contributed by atoms with Gasteiger partial charge in [-0.3, -0.25) is 0 Å². The monoisotopic (exact) mass is 243 g/mol. The molecular weight excluding hydrogens is 229 g/mol. The van der Waals surface area contributed by atoms with Gasteiger partial charge in [-0.15, -0.1) is 17.0 Å². The fraction of sp³-hybridized carbons (Fsp3) is 0.857. The predicted octanol–water partition coefficient (Wildman–Crippen LogP) is 3.22. The molecule has 0 aliphatic carbocycles. The summed E-state index contributed by atoms with van der Waals surface area (Å²) in [5.74, 6) is 0.653. The Kier molecular flexibility index (Phi) is 21.8. The molecule has 0 heterocycles. The van der Waals surface area contributed by atoms with Crippen LogP contribution < -0.4 is 0 Å². The van der Waals surface area contributed by atoms with Crippen LogP contribution in [0.3, 0.4) is 0 Å². The Bertz CT molecular complexity index is 37.9. The van der Waals surface area contributed by atoms with E-state index >= 15 is 0 Å². The van der Waals surface area contributed by atoms with Gasteiger partial charge in [-0.1, -0.05) is 33.1 Å². The van der Waals surface area contributed by atoms with Gasteiger partial charge in [0.1, 0.15) is 0 Å². The molecule has 0 saturated heterocycles. The Hall–Kier alpha value is 1.10. The standard InChI is InChI=1S/C7H15.BrH.Zn/c1-4-5-6-7(2)3;;/h7H,2,4-6H2,1,3H3;1H;/q-1;;. The SMILES string of the molecule is Br.[CH2-]C(C)CCCC.[Zn]. The molecular formula is C7H16BrZn-. The van der Waals surface area contributed by atoms with Crippen LogP contribution in [0.4, 0.5) is 0 Å². The number of halogens is 1. The van der Waals surface area contributed by atoms with Crippen LogP contribution in [0, 0.1) is 12.8 Å². The third kappa shape index (κ3) is 17.6. The molecule has 2 heteroatoms. The van der Waals surface area contributed by atoms with Crippen LogP contribution in [0.2, 0.25) is 0 Å². The number of unbranched alkanes of at least 4 members (excludes halogenated alkanes) is 1. The van der Waals surface area contributed by atoms with E-state index in [0.717, 1.165) is 0 Å². The maximum atomic E-state index is 3.88. The minimum Gasteiger partial charge on any atom is -0.341 e. The number of rotatable bonds is 3. The second kappa shape index (κ2) is 11.8. The van der Waals surface area contributed by atoms with Gasteiger partial charge in [0.25, 0.3) is 0 Å². The van der Waals surface area contributed by atoms with E-state index in [-0.39, 0.29) is 36.5 Å². The molecule has 0 bridgehead atoms. The van der Waals surface area contributed by atoms with Gasteiger partial charge in [0.2, 0.25) is 0 Å².